The summed E-state index contributed by atoms with van der Waals surface area (Å²) in [5, 5.41) is 8.68. The largest absolute Gasteiger partial charge is 0.337 e. The molecule has 102 valence electrons. The molecule has 0 aliphatic heterocycles. The molecule has 0 spiro atoms. The molecule has 0 saturated carbocycles. The molecule has 1 aromatic rings. The lowest BCUT2D eigenvalue weighted by Crippen LogP contribution is -2.53. The monoisotopic (exact) mass is 259 g/mol. The molecule has 0 aromatic heterocycles. The molecule has 0 aliphatic carbocycles. The Morgan fingerprint density at radius 2 is 2.00 bits per heavy atom. The fraction of sp³-hybridized carbons (Fsp3) is 0.467. The third-order valence-electron chi connectivity index (χ3n) is 3.17. The number of nitrogens with two attached hydrogens (primary N) is 1. The van der Waals surface area contributed by atoms with Gasteiger partial charge >= 0.3 is 0 Å². The van der Waals surface area contributed by atoms with Gasteiger partial charge in [0, 0.05) is 12.6 Å². The Labute approximate surface area is 114 Å². The van der Waals surface area contributed by atoms with Crippen molar-refractivity contribution in [1.82, 2.24) is 4.90 Å². The molecular weight excluding hydrogens is 238 g/mol. The van der Waals surface area contributed by atoms with Gasteiger partial charge in [0.05, 0.1) is 12.5 Å². The van der Waals surface area contributed by atoms with Gasteiger partial charge in [-0.3, -0.25) is 4.79 Å². The van der Waals surface area contributed by atoms with Crippen LogP contribution in [0.15, 0.2) is 30.3 Å². The number of nitriles is 1. The minimum absolute atomic E-state index is 0.0208. The highest BCUT2D eigenvalue weighted by Crippen LogP contribution is 2.21. The van der Waals surface area contributed by atoms with Gasteiger partial charge in [-0.2, -0.15) is 5.26 Å². The lowest BCUT2D eigenvalue weighted by Gasteiger charge is -2.34. The van der Waals surface area contributed by atoms with E-state index in [2.05, 4.69) is 6.07 Å². The molecule has 1 atom stereocenters. The molecule has 1 rings (SSSR count). The number of benzene rings is 1. The first-order valence-corrected chi connectivity index (χ1v) is 6.43. The fourth-order valence-corrected chi connectivity index (χ4v) is 1.97. The van der Waals surface area contributed by atoms with Gasteiger partial charge in [0.2, 0.25) is 5.91 Å². The van der Waals surface area contributed by atoms with E-state index in [4.69, 9.17) is 11.0 Å². The molecule has 1 amide bonds. The summed E-state index contributed by atoms with van der Waals surface area (Å²) < 4.78 is 0. The van der Waals surface area contributed by atoms with Crippen molar-refractivity contribution >= 4 is 5.91 Å². The summed E-state index contributed by atoms with van der Waals surface area (Å²) in [4.78, 5) is 14.3. The van der Waals surface area contributed by atoms with Crippen LogP contribution in [-0.4, -0.2) is 23.4 Å². The van der Waals surface area contributed by atoms with Crippen LogP contribution in [0.1, 0.15) is 32.8 Å². The van der Waals surface area contributed by atoms with E-state index < -0.39 is 5.54 Å². The first-order valence-electron chi connectivity index (χ1n) is 6.43. The first kappa shape index (κ1) is 15.2. The summed E-state index contributed by atoms with van der Waals surface area (Å²) in [6, 6.07) is 11.4. The van der Waals surface area contributed by atoms with Gasteiger partial charge in [0.15, 0.2) is 0 Å². The Kier molecular flexibility index (Phi) is 5.08. The fourth-order valence-electron chi connectivity index (χ4n) is 1.97. The van der Waals surface area contributed by atoms with Crippen molar-refractivity contribution in [3.63, 3.8) is 0 Å². The summed E-state index contributed by atoms with van der Waals surface area (Å²) in [7, 11) is 0. The summed E-state index contributed by atoms with van der Waals surface area (Å²) in [6.45, 7) is 5.98. The molecule has 1 unspecified atom stereocenters. The maximum absolute atomic E-state index is 12.6. The SMILES string of the molecule is CC(C)N(CCC#N)C(=O)C(C)(N)c1ccccc1. The quantitative estimate of drug-likeness (QED) is 0.879. The second kappa shape index (κ2) is 6.35. The van der Waals surface area contributed by atoms with Crippen molar-refractivity contribution in [3.8, 4) is 6.07 Å². The van der Waals surface area contributed by atoms with Crippen molar-refractivity contribution in [2.24, 2.45) is 5.73 Å². The van der Waals surface area contributed by atoms with Crippen LogP contribution < -0.4 is 5.73 Å². The average molecular weight is 259 g/mol. The Morgan fingerprint density at radius 3 is 2.47 bits per heavy atom. The molecule has 4 heteroatoms. The summed E-state index contributed by atoms with van der Waals surface area (Å²) in [5.41, 5.74) is 5.93. The zero-order valence-electron chi connectivity index (χ0n) is 11.8. The minimum atomic E-state index is -1.07. The maximum Gasteiger partial charge on any atom is 0.247 e. The van der Waals surface area contributed by atoms with Crippen LogP contribution in [0.5, 0.6) is 0 Å². The van der Waals surface area contributed by atoms with E-state index in [0.717, 1.165) is 5.56 Å². The lowest BCUT2D eigenvalue weighted by atomic mass is 9.91. The molecule has 0 heterocycles. The van der Waals surface area contributed by atoms with Gasteiger partial charge < -0.3 is 10.6 Å². The second-order valence-corrected chi connectivity index (χ2v) is 5.07. The highest BCUT2D eigenvalue weighted by Gasteiger charge is 2.35. The third kappa shape index (κ3) is 3.55. The first-order chi connectivity index (χ1) is 8.91. The van der Waals surface area contributed by atoms with Crippen LogP contribution in [-0.2, 0) is 10.3 Å². The van der Waals surface area contributed by atoms with Gasteiger partial charge in [-0.15, -0.1) is 0 Å². The molecule has 0 aliphatic rings. The van der Waals surface area contributed by atoms with Gasteiger partial charge in [-0.05, 0) is 26.3 Å². The van der Waals surface area contributed by atoms with Crippen LogP contribution in [0.4, 0.5) is 0 Å². The second-order valence-electron chi connectivity index (χ2n) is 5.07. The van der Waals surface area contributed by atoms with Crippen LogP contribution in [0.2, 0.25) is 0 Å². The predicted octanol–water partition coefficient (Wildman–Crippen LogP) is 2.01. The molecule has 19 heavy (non-hydrogen) atoms. The zero-order valence-corrected chi connectivity index (χ0v) is 11.8. The van der Waals surface area contributed by atoms with E-state index in [1.165, 1.54) is 0 Å². The minimum Gasteiger partial charge on any atom is -0.337 e. The molecule has 0 fully saturated rings. The van der Waals surface area contributed by atoms with Gasteiger partial charge in [-0.25, -0.2) is 0 Å². The highest BCUT2D eigenvalue weighted by atomic mass is 16.2. The smallest absolute Gasteiger partial charge is 0.247 e. The van der Waals surface area contributed by atoms with E-state index in [1.54, 1.807) is 11.8 Å². The standard InChI is InChI=1S/C15H21N3O/c1-12(2)18(11-7-10-16)14(19)15(3,17)13-8-5-4-6-9-13/h4-6,8-9,12H,7,11,17H2,1-3H3. The maximum atomic E-state index is 12.6. The molecule has 0 saturated heterocycles. The van der Waals surface area contributed by atoms with E-state index >= 15 is 0 Å². The average Bonchev–Trinajstić information content (AvgIpc) is 2.39. The Hall–Kier alpha value is -1.86. The van der Waals surface area contributed by atoms with Crippen molar-refractivity contribution in [1.29, 1.82) is 5.26 Å². The van der Waals surface area contributed by atoms with Crippen molar-refractivity contribution in [2.45, 2.75) is 38.8 Å². The Bertz CT molecular complexity index is 460. The number of rotatable bonds is 5. The van der Waals surface area contributed by atoms with E-state index in [9.17, 15) is 4.79 Å². The third-order valence-corrected chi connectivity index (χ3v) is 3.17. The Morgan fingerprint density at radius 1 is 1.42 bits per heavy atom. The molecule has 4 nitrogen and oxygen atoms in total. The highest BCUT2D eigenvalue weighted by molar-refractivity contribution is 5.87. The number of amides is 1. The van der Waals surface area contributed by atoms with Crippen LogP contribution in [0, 0.1) is 11.3 Å². The molecule has 1 aromatic carbocycles. The topological polar surface area (TPSA) is 70.1 Å². The number of carbonyl (C=O) groups is 1. The summed E-state index contributed by atoms with van der Waals surface area (Å²) in [6.07, 6.45) is 0.314. The summed E-state index contributed by atoms with van der Waals surface area (Å²) >= 11 is 0. The van der Waals surface area contributed by atoms with Gasteiger partial charge in [-0.1, -0.05) is 30.3 Å². The molecule has 0 bridgehead atoms. The van der Waals surface area contributed by atoms with Crippen molar-refractivity contribution in [2.75, 3.05) is 6.54 Å². The summed E-state index contributed by atoms with van der Waals surface area (Å²) in [5.74, 6) is -0.149. The van der Waals surface area contributed by atoms with Crippen LogP contribution >= 0.6 is 0 Å². The molecular formula is C15H21N3O. The molecule has 2 N–H and O–H groups in total. The van der Waals surface area contributed by atoms with Gasteiger partial charge in [0.1, 0.15) is 5.54 Å². The van der Waals surface area contributed by atoms with Gasteiger partial charge in [0.25, 0.3) is 0 Å². The zero-order chi connectivity index (χ0) is 14.5. The normalized spacial score (nSPS) is 13.7. The lowest BCUT2D eigenvalue weighted by molar-refractivity contribution is -0.138. The predicted molar refractivity (Wildman–Crippen MR) is 75.1 cm³/mol. The van der Waals surface area contributed by atoms with E-state index in [-0.39, 0.29) is 11.9 Å². The number of hydrogen-bond donors (Lipinski definition) is 1. The van der Waals surface area contributed by atoms with E-state index in [0.29, 0.717) is 13.0 Å². The van der Waals surface area contributed by atoms with Crippen LogP contribution in [0.25, 0.3) is 0 Å². The van der Waals surface area contributed by atoms with E-state index in [1.807, 2.05) is 44.2 Å². The number of hydrogen-bond acceptors (Lipinski definition) is 3. The van der Waals surface area contributed by atoms with Crippen LogP contribution in [0.3, 0.4) is 0 Å². The molecule has 0 radical (unpaired) electrons. The van der Waals surface area contributed by atoms with Crippen molar-refractivity contribution in [3.05, 3.63) is 35.9 Å². The number of carbonyl (C=O) groups excluding carboxylic acids is 1. The van der Waals surface area contributed by atoms with Crippen molar-refractivity contribution < 1.29 is 4.79 Å². The Balaban J connectivity index is 2.99. The number of nitrogens with zero attached hydrogens (tertiary/aromatic N) is 2.